The van der Waals surface area contributed by atoms with Gasteiger partial charge in [0, 0.05) is 23.1 Å². The molecular formula is C31H25N3O4S. The maximum atomic E-state index is 13.4. The van der Waals surface area contributed by atoms with Crippen molar-refractivity contribution in [2.24, 2.45) is 0 Å². The molecule has 1 unspecified atom stereocenters. The van der Waals surface area contributed by atoms with E-state index >= 15 is 0 Å². The molecule has 1 fully saturated rings. The molecule has 0 N–H and O–H groups in total. The van der Waals surface area contributed by atoms with Crippen molar-refractivity contribution in [3.05, 3.63) is 90.0 Å². The number of methoxy groups -OCH3 is 2. The Hall–Kier alpha value is -4.61. The second-order valence-corrected chi connectivity index (χ2v) is 10.2. The van der Waals surface area contributed by atoms with Crippen molar-refractivity contribution in [3.8, 4) is 40.0 Å². The number of benzene rings is 3. The zero-order chi connectivity index (χ0) is 27.5. The van der Waals surface area contributed by atoms with Gasteiger partial charge >= 0.3 is 0 Å². The summed E-state index contributed by atoms with van der Waals surface area (Å²) in [5, 5.41) is 9.98. The fourth-order valence-electron chi connectivity index (χ4n) is 4.58. The number of pyridine rings is 1. The van der Waals surface area contributed by atoms with E-state index in [4.69, 9.17) is 14.5 Å². The van der Waals surface area contributed by atoms with Crippen LogP contribution in [0.15, 0.2) is 83.9 Å². The van der Waals surface area contributed by atoms with Gasteiger partial charge in [-0.25, -0.2) is 9.88 Å². The first-order valence-corrected chi connectivity index (χ1v) is 13.1. The molecule has 5 rings (SSSR count). The summed E-state index contributed by atoms with van der Waals surface area (Å²) < 4.78 is 11.2. The van der Waals surface area contributed by atoms with Crippen molar-refractivity contribution < 1.29 is 19.1 Å². The quantitative estimate of drug-likeness (QED) is 0.267. The van der Waals surface area contributed by atoms with Gasteiger partial charge in [0.15, 0.2) is 11.5 Å². The number of anilines is 1. The molecule has 7 nitrogen and oxygen atoms in total. The number of amides is 2. The molecule has 39 heavy (non-hydrogen) atoms. The molecular weight excluding hydrogens is 510 g/mol. The number of rotatable bonds is 7. The number of thioether (sulfide) groups is 1. The highest BCUT2D eigenvalue weighted by Gasteiger charge is 2.41. The summed E-state index contributed by atoms with van der Waals surface area (Å²) in [5.41, 5.74) is 4.59. The van der Waals surface area contributed by atoms with E-state index in [1.807, 2.05) is 67.6 Å². The van der Waals surface area contributed by atoms with Gasteiger partial charge in [0.25, 0.3) is 0 Å². The van der Waals surface area contributed by atoms with E-state index in [1.54, 1.807) is 32.4 Å². The Kier molecular flexibility index (Phi) is 7.35. The van der Waals surface area contributed by atoms with Crippen molar-refractivity contribution in [2.45, 2.75) is 23.6 Å². The Bertz CT molecular complexity index is 1600. The fourth-order valence-corrected chi connectivity index (χ4v) is 5.71. The van der Waals surface area contributed by atoms with E-state index in [1.165, 1.54) is 4.90 Å². The molecule has 0 spiro atoms. The Balaban J connectivity index is 1.62. The van der Waals surface area contributed by atoms with Gasteiger partial charge < -0.3 is 9.47 Å². The largest absolute Gasteiger partial charge is 0.493 e. The number of nitriles is 1. The number of nitrogens with zero attached hydrogens (tertiary/aromatic N) is 3. The predicted octanol–water partition coefficient (Wildman–Crippen LogP) is 6.04. The second-order valence-electron chi connectivity index (χ2n) is 8.97. The number of para-hydroxylation sites is 1. The van der Waals surface area contributed by atoms with Gasteiger partial charge in [0.2, 0.25) is 11.8 Å². The van der Waals surface area contributed by atoms with E-state index in [0.717, 1.165) is 22.9 Å². The summed E-state index contributed by atoms with van der Waals surface area (Å²) in [6, 6.07) is 26.4. The average Bonchev–Trinajstić information content (AvgIpc) is 3.24. The van der Waals surface area contributed by atoms with Crippen LogP contribution in [0.3, 0.4) is 0 Å². The third kappa shape index (κ3) is 4.97. The van der Waals surface area contributed by atoms with Crippen LogP contribution in [-0.4, -0.2) is 36.3 Å². The standard InChI is InChI=1S/C31H25N3O4S/c1-19-12-14-21(15-13-19)34-28(35)17-27(31(34)36)39-30-24(18-32)23(16-25(33-30)20-8-5-4-6-9-20)22-10-7-11-26(37-2)29(22)38-3/h4-16,27H,17H2,1-3H3. The number of imide groups is 1. The van der Waals surface area contributed by atoms with Crippen molar-refractivity contribution in [1.82, 2.24) is 4.98 Å². The lowest BCUT2D eigenvalue weighted by molar-refractivity contribution is -0.121. The first-order chi connectivity index (χ1) is 18.9. The molecule has 0 radical (unpaired) electrons. The minimum Gasteiger partial charge on any atom is -0.493 e. The normalized spacial score (nSPS) is 14.8. The van der Waals surface area contributed by atoms with Crippen LogP contribution in [0.25, 0.3) is 22.4 Å². The number of carbonyl (C=O) groups is 2. The lowest BCUT2D eigenvalue weighted by Crippen LogP contribution is -2.31. The van der Waals surface area contributed by atoms with Crippen LogP contribution in [0.1, 0.15) is 17.5 Å². The number of hydrogen-bond acceptors (Lipinski definition) is 7. The highest BCUT2D eigenvalue weighted by Crippen LogP contribution is 2.44. The molecule has 3 aromatic carbocycles. The molecule has 0 bridgehead atoms. The predicted molar refractivity (Wildman–Crippen MR) is 151 cm³/mol. The topological polar surface area (TPSA) is 92.5 Å². The third-order valence-corrected chi connectivity index (χ3v) is 7.68. The summed E-state index contributed by atoms with van der Waals surface area (Å²) in [6.45, 7) is 1.94. The maximum Gasteiger partial charge on any atom is 0.247 e. The summed E-state index contributed by atoms with van der Waals surface area (Å²) in [6.07, 6.45) is 0.0112. The average molecular weight is 536 g/mol. The van der Waals surface area contributed by atoms with Gasteiger partial charge in [-0.2, -0.15) is 5.26 Å². The van der Waals surface area contributed by atoms with Crippen LogP contribution in [0.2, 0.25) is 0 Å². The minimum absolute atomic E-state index is 0.0112. The van der Waals surface area contributed by atoms with Crippen molar-refractivity contribution >= 4 is 29.3 Å². The molecule has 0 aliphatic carbocycles. The van der Waals surface area contributed by atoms with Crippen molar-refractivity contribution in [3.63, 3.8) is 0 Å². The third-order valence-electron chi connectivity index (χ3n) is 6.51. The maximum absolute atomic E-state index is 13.4. The molecule has 1 aliphatic heterocycles. The molecule has 1 aliphatic rings. The molecule has 1 atom stereocenters. The minimum atomic E-state index is -0.718. The summed E-state index contributed by atoms with van der Waals surface area (Å²) >= 11 is 1.14. The Morgan fingerprint density at radius 3 is 2.36 bits per heavy atom. The number of ether oxygens (including phenoxy) is 2. The molecule has 4 aromatic rings. The summed E-state index contributed by atoms with van der Waals surface area (Å²) in [7, 11) is 3.10. The van der Waals surface area contributed by atoms with Crippen LogP contribution in [0.4, 0.5) is 5.69 Å². The van der Waals surface area contributed by atoms with Crippen LogP contribution in [-0.2, 0) is 9.59 Å². The zero-order valence-corrected chi connectivity index (χ0v) is 22.5. The van der Waals surface area contributed by atoms with Crippen LogP contribution >= 0.6 is 11.8 Å². The summed E-state index contributed by atoms with van der Waals surface area (Å²) in [5.74, 6) is 0.394. The van der Waals surface area contributed by atoms with Gasteiger partial charge in [-0.3, -0.25) is 9.59 Å². The molecule has 2 heterocycles. The van der Waals surface area contributed by atoms with E-state index in [2.05, 4.69) is 6.07 Å². The number of carbonyl (C=O) groups excluding carboxylic acids is 2. The Labute approximate surface area is 231 Å². The Morgan fingerprint density at radius 1 is 0.949 bits per heavy atom. The molecule has 1 saturated heterocycles. The molecule has 1 aromatic heterocycles. The first-order valence-electron chi connectivity index (χ1n) is 12.3. The second kappa shape index (κ2) is 11.0. The number of hydrogen-bond donors (Lipinski definition) is 0. The Morgan fingerprint density at radius 2 is 1.69 bits per heavy atom. The number of aryl methyl sites for hydroxylation is 1. The lowest BCUT2D eigenvalue weighted by Gasteiger charge is -2.18. The number of aromatic nitrogens is 1. The van der Waals surface area contributed by atoms with Gasteiger partial charge in [-0.05, 0) is 31.2 Å². The van der Waals surface area contributed by atoms with Gasteiger partial charge in [-0.15, -0.1) is 0 Å². The van der Waals surface area contributed by atoms with E-state index < -0.39 is 5.25 Å². The van der Waals surface area contributed by atoms with Crippen molar-refractivity contribution in [2.75, 3.05) is 19.1 Å². The first kappa shape index (κ1) is 26.0. The molecule has 2 amide bonds. The van der Waals surface area contributed by atoms with E-state index in [0.29, 0.717) is 44.6 Å². The fraction of sp³-hybridized carbons (Fsp3) is 0.161. The summed E-state index contributed by atoms with van der Waals surface area (Å²) in [4.78, 5) is 32.4. The van der Waals surface area contributed by atoms with Gasteiger partial charge in [0.1, 0.15) is 11.1 Å². The molecule has 194 valence electrons. The van der Waals surface area contributed by atoms with Gasteiger partial charge in [0.05, 0.1) is 36.4 Å². The molecule has 8 heteroatoms. The van der Waals surface area contributed by atoms with Gasteiger partial charge in [-0.1, -0.05) is 71.9 Å². The zero-order valence-electron chi connectivity index (χ0n) is 21.7. The van der Waals surface area contributed by atoms with E-state index in [9.17, 15) is 14.9 Å². The van der Waals surface area contributed by atoms with Crippen LogP contribution in [0, 0.1) is 18.3 Å². The molecule has 0 saturated carbocycles. The highest BCUT2D eigenvalue weighted by molar-refractivity contribution is 8.00. The highest BCUT2D eigenvalue weighted by atomic mass is 32.2. The van der Waals surface area contributed by atoms with Crippen molar-refractivity contribution in [1.29, 1.82) is 5.26 Å². The monoisotopic (exact) mass is 535 g/mol. The van der Waals surface area contributed by atoms with E-state index in [-0.39, 0.29) is 18.2 Å². The lowest BCUT2D eigenvalue weighted by atomic mass is 9.98. The smallest absolute Gasteiger partial charge is 0.247 e. The SMILES string of the molecule is COc1cccc(-c2cc(-c3ccccc3)nc(SC3CC(=O)N(c4ccc(C)cc4)C3=O)c2C#N)c1OC. The van der Waals surface area contributed by atoms with Crippen LogP contribution < -0.4 is 14.4 Å². The van der Waals surface area contributed by atoms with Crippen LogP contribution in [0.5, 0.6) is 11.5 Å².